The zero-order chi connectivity index (χ0) is 17.3. The van der Waals surface area contributed by atoms with Crippen molar-refractivity contribution in [3.05, 3.63) is 30.2 Å². The van der Waals surface area contributed by atoms with Crippen LogP contribution in [-0.2, 0) is 10.2 Å². The average molecular weight is 336 g/mol. The maximum absolute atomic E-state index is 12.1. The number of anilines is 1. The second-order valence-corrected chi connectivity index (χ2v) is 6.99. The van der Waals surface area contributed by atoms with Gasteiger partial charge < -0.3 is 9.84 Å². The van der Waals surface area contributed by atoms with Crippen LogP contribution in [-0.4, -0.2) is 16.0 Å². The van der Waals surface area contributed by atoms with Crippen LogP contribution in [0, 0.1) is 17.2 Å². The molecule has 1 aromatic carbocycles. The molecule has 2 aliphatic rings. The van der Waals surface area contributed by atoms with Crippen molar-refractivity contribution in [2.45, 2.75) is 50.4 Å². The lowest BCUT2D eigenvalue weighted by Crippen LogP contribution is -2.27. The summed E-state index contributed by atoms with van der Waals surface area (Å²) < 4.78 is 5.48. The molecule has 6 nitrogen and oxygen atoms in total. The fourth-order valence-corrected chi connectivity index (χ4v) is 3.42. The van der Waals surface area contributed by atoms with Gasteiger partial charge in [0.05, 0.1) is 11.8 Å². The molecule has 1 amide bonds. The molecule has 6 heteroatoms. The molecule has 0 aliphatic heterocycles. The lowest BCUT2D eigenvalue weighted by atomic mass is 9.75. The Morgan fingerprint density at radius 1 is 1.24 bits per heavy atom. The van der Waals surface area contributed by atoms with Gasteiger partial charge in [-0.2, -0.15) is 10.2 Å². The van der Waals surface area contributed by atoms with E-state index in [2.05, 4.69) is 21.5 Å². The van der Waals surface area contributed by atoms with E-state index in [9.17, 15) is 10.1 Å². The van der Waals surface area contributed by atoms with Gasteiger partial charge in [0.15, 0.2) is 0 Å². The quantitative estimate of drug-likeness (QED) is 0.916. The second kappa shape index (κ2) is 6.32. The molecular weight excluding hydrogens is 316 g/mol. The first-order valence-electron chi connectivity index (χ1n) is 8.87. The van der Waals surface area contributed by atoms with Gasteiger partial charge in [0.1, 0.15) is 5.41 Å². The van der Waals surface area contributed by atoms with E-state index in [0.717, 1.165) is 50.5 Å². The monoisotopic (exact) mass is 336 g/mol. The molecule has 2 fully saturated rings. The summed E-state index contributed by atoms with van der Waals surface area (Å²) in [5.74, 6) is 0.977. The highest BCUT2D eigenvalue weighted by atomic mass is 16.5. The van der Waals surface area contributed by atoms with Crippen molar-refractivity contribution in [3.63, 3.8) is 0 Å². The molecule has 1 N–H and O–H groups in total. The molecule has 2 aliphatic carbocycles. The highest BCUT2D eigenvalue weighted by Crippen LogP contribution is 2.39. The third-order valence-corrected chi connectivity index (χ3v) is 5.13. The number of rotatable bonds is 4. The molecule has 0 unspecified atom stereocenters. The Bertz CT molecular complexity index is 826. The van der Waals surface area contributed by atoms with Crippen LogP contribution >= 0.6 is 0 Å². The summed E-state index contributed by atoms with van der Waals surface area (Å²) in [5.41, 5.74) is 0.729. The number of aromatic nitrogens is 2. The molecule has 0 radical (unpaired) electrons. The van der Waals surface area contributed by atoms with E-state index in [0.29, 0.717) is 17.4 Å². The van der Waals surface area contributed by atoms with Crippen molar-refractivity contribution in [1.29, 1.82) is 5.26 Å². The normalized spacial score (nSPS) is 19.2. The molecule has 4 rings (SSSR count). The summed E-state index contributed by atoms with van der Waals surface area (Å²) in [4.78, 5) is 16.6. The Kier molecular flexibility index (Phi) is 4.00. The van der Waals surface area contributed by atoms with Crippen molar-refractivity contribution < 1.29 is 9.32 Å². The average Bonchev–Trinajstić information content (AvgIpc) is 3.40. The zero-order valence-electron chi connectivity index (χ0n) is 14.0. The summed E-state index contributed by atoms with van der Waals surface area (Å²) in [6, 6.07) is 9.84. The van der Waals surface area contributed by atoms with E-state index in [1.165, 1.54) is 0 Å². The molecule has 128 valence electrons. The van der Waals surface area contributed by atoms with Gasteiger partial charge in [0.2, 0.25) is 17.6 Å². The van der Waals surface area contributed by atoms with Crippen molar-refractivity contribution in [2.24, 2.45) is 5.92 Å². The number of nitriles is 1. The first-order chi connectivity index (χ1) is 12.2. The first-order valence-corrected chi connectivity index (χ1v) is 8.87. The van der Waals surface area contributed by atoms with Crippen molar-refractivity contribution in [2.75, 3.05) is 5.32 Å². The van der Waals surface area contributed by atoms with Crippen LogP contribution in [0.2, 0.25) is 0 Å². The predicted octanol–water partition coefficient (Wildman–Crippen LogP) is 3.81. The second-order valence-electron chi connectivity index (χ2n) is 6.99. The van der Waals surface area contributed by atoms with Crippen LogP contribution in [0.3, 0.4) is 0 Å². The Balaban J connectivity index is 1.64. The fraction of sp³-hybridized carbons (Fsp3) is 0.474. The molecule has 0 saturated heterocycles. The Hall–Kier alpha value is -2.68. The Morgan fingerprint density at radius 3 is 2.72 bits per heavy atom. The van der Waals surface area contributed by atoms with E-state index < -0.39 is 5.41 Å². The number of carbonyl (C=O) groups is 1. The molecular formula is C19H20N4O2. The van der Waals surface area contributed by atoms with Gasteiger partial charge in [-0.1, -0.05) is 36.6 Å². The lowest BCUT2D eigenvalue weighted by Gasteiger charge is -2.26. The van der Waals surface area contributed by atoms with E-state index >= 15 is 0 Å². The highest BCUT2D eigenvalue weighted by Gasteiger charge is 2.40. The molecule has 1 aromatic heterocycles. The standard InChI is InChI=1S/C19H20N4O2/c20-12-19(10-4-1-5-11-19)18-22-16(23-25-18)14-6-2-3-7-15(14)21-17(24)13-8-9-13/h2-3,6-7,13H,1,4-5,8-11H2,(H,21,24). The maximum atomic E-state index is 12.1. The fourth-order valence-electron chi connectivity index (χ4n) is 3.42. The number of para-hydroxylation sites is 1. The summed E-state index contributed by atoms with van der Waals surface area (Å²) in [6.07, 6.45) is 6.55. The summed E-state index contributed by atoms with van der Waals surface area (Å²) in [7, 11) is 0. The van der Waals surface area contributed by atoms with Crippen molar-refractivity contribution in [3.8, 4) is 17.5 Å². The highest BCUT2D eigenvalue weighted by molar-refractivity contribution is 5.97. The van der Waals surface area contributed by atoms with Crippen LogP contribution in [0.25, 0.3) is 11.4 Å². The first kappa shape index (κ1) is 15.8. The predicted molar refractivity (Wildman–Crippen MR) is 91.5 cm³/mol. The molecule has 0 atom stereocenters. The van der Waals surface area contributed by atoms with Gasteiger partial charge >= 0.3 is 0 Å². The largest absolute Gasteiger partial charge is 0.337 e. The maximum Gasteiger partial charge on any atom is 0.247 e. The van der Waals surface area contributed by atoms with Crippen LogP contribution in [0.4, 0.5) is 5.69 Å². The van der Waals surface area contributed by atoms with Gasteiger partial charge in [0, 0.05) is 11.5 Å². The smallest absolute Gasteiger partial charge is 0.247 e. The Labute approximate surface area is 146 Å². The van der Waals surface area contributed by atoms with Crippen molar-refractivity contribution >= 4 is 11.6 Å². The number of nitrogens with zero attached hydrogens (tertiary/aromatic N) is 3. The molecule has 2 saturated carbocycles. The third kappa shape index (κ3) is 3.02. The number of hydrogen-bond donors (Lipinski definition) is 1. The minimum absolute atomic E-state index is 0.0388. The summed E-state index contributed by atoms with van der Waals surface area (Å²) in [6.45, 7) is 0. The van der Waals surface area contributed by atoms with E-state index in [1.807, 2.05) is 24.3 Å². The number of carbonyl (C=O) groups excluding carboxylic acids is 1. The number of amides is 1. The molecule has 2 aromatic rings. The van der Waals surface area contributed by atoms with Gasteiger partial charge in [-0.05, 0) is 37.8 Å². The molecule has 0 spiro atoms. The van der Waals surface area contributed by atoms with E-state index in [4.69, 9.17) is 4.52 Å². The number of hydrogen-bond acceptors (Lipinski definition) is 5. The van der Waals surface area contributed by atoms with Gasteiger partial charge in [-0.25, -0.2) is 0 Å². The van der Waals surface area contributed by atoms with Crippen LogP contribution in [0.5, 0.6) is 0 Å². The SMILES string of the molecule is N#CC1(c2nc(-c3ccccc3NC(=O)C3CC3)no2)CCCCC1. The minimum Gasteiger partial charge on any atom is -0.337 e. The molecule has 0 bridgehead atoms. The van der Waals surface area contributed by atoms with Gasteiger partial charge in [-0.3, -0.25) is 4.79 Å². The van der Waals surface area contributed by atoms with Crippen LogP contribution < -0.4 is 5.32 Å². The number of nitrogens with one attached hydrogen (secondary N) is 1. The molecule has 1 heterocycles. The number of benzene rings is 1. The third-order valence-electron chi connectivity index (χ3n) is 5.13. The topological polar surface area (TPSA) is 91.8 Å². The lowest BCUT2D eigenvalue weighted by molar-refractivity contribution is -0.117. The molecule has 25 heavy (non-hydrogen) atoms. The summed E-state index contributed by atoms with van der Waals surface area (Å²) >= 11 is 0. The summed E-state index contributed by atoms with van der Waals surface area (Å²) in [5, 5.41) is 16.7. The Morgan fingerprint density at radius 2 is 2.00 bits per heavy atom. The van der Waals surface area contributed by atoms with Crippen LogP contribution in [0.15, 0.2) is 28.8 Å². The van der Waals surface area contributed by atoms with Gasteiger partial charge in [0.25, 0.3) is 0 Å². The van der Waals surface area contributed by atoms with Crippen molar-refractivity contribution in [1.82, 2.24) is 10.1 Å². The van der Waals surface area contributed by atoms with Crippen LogP contribution in [0.1, 0.15) is 50.8 Å². The van der Waals surface area contributed by atoms with E-state index in [-0.39, 0.29) is 11.8 Å². The zero-order valence-corrected chi connectivity index (χ0v) is 14.0. The van der Waals surface area contributed by atoms with Gasteiger partial charge in [-0.15, -0.1) is 0 Å². The van der Waals surface area contributed by atoms with E-state index in [1.54, 1.807) is 0 Å². The minimum atomic E-state index is -0.671.